The van der Waals surface area contributed by atoms with Crippen molar-refractivity contribution in [2.45, 2.75) is 12.5 Å². The molecule has 0 bridgehead atoms. The van der Waals surface area contributed by atoms with Gasteiger partial charge in [0.2, 0.25) is 11.9 Å². The fraction of sp³-hybridized carbons (Fsp3) is 0.278. The Balaban J connectivity index is 1.65. The number of carbonyl (C=O) groups is 1. The lowest BCUT2D eigenvalue weighted by Gasteiger charge is -2.40. The van der Waals surface area contributed by atoms with Crippen molar-refractivity contribution in [3.8, 4) is 0 Å². The van der Waals surface area contributed by atoms with Crippen LogP contribution in [0.25, 0.3) is 6.08 Å². The van der Waals surface area contributed by atoms with Gasteiger partial charge in [0, 0.05) is 44.7 Å². The molecule has 3 rings (SSSR count). The van der Waals surface area contributed by atoms with Crippen LogP contribution < -0.4 is 4.90 Å². The predicted molar refractivity (Wildman–Crippen MR) is 90.9 cm³/mol. The quantitative estimate of drug-likeness (QED) is 0.811. The first-order chi connectivity index (χ1) is 11.5. The number of rotatable bonds is 4. The molecular weight excluding hydrogens is 307 g/mol. The zero-order valence-electron chi connectivity index (χ0n) is 13.7. The largest absolute Gasteiger partial charge is 0.347 e. The average Bonchev–Trinajstić information content (AvgIpc) is 2.54. The van der Waals surface area contributed by atoms with Crippen LogP contribution in [0.2, 0.25) is 0 Å². The average molecular weight is 326 g/mol. The summed E-state index contributed by atoms with van der Waals surface area (Å²) >= 11 is 0. The Bertz CT molecular complexity index is 741. The van der Waals surface area contributed by atoms with E-state index in [0.717, 1.165) is 17.5 Å². The van der Waals surface area contributed by atoms with Gasteiger partial charge in [-0.3, -0.25) is 4.79 Å². The predicted octanol–water partition coefficient (Wildman–Crippen LogP) is 2.67. The molecule has 0 spiro atoms. The van der Waals surface area contributed by atoms with E-state index in [2.05, 4.69) is 9.97 Å². The van der Waals surface area contributed by atoms with E-state index in [1.165, 1.54) is 18.2 Å². The van der Waals surface area contributed by atoms with Gasteiger partial charge in [-0.1, -0.05) is 12.1 Å². The van der Waals surface area contributed by atoms with Crippen LogP contribution in [0.15, 0.2) is 42.7 Å². The molecule has 1 amide bonds. The van der Waals surface area contributed by atoms with Crippen LogP contribution >= 0.6 is 0 Å². The van der Waals surface area contributed by atoms with Crippen molar-refractivity contribution in [2.24, 2.45) is 0 Å². The highest BCUT2D eigenvalue weighted by atomic mass is 19.1. The second kappa shape index (κ2) is 6.78. The maximum absolute atomic E-state index is 13.0. The minimum atomic E-state index is -0.267. The monoisotopic (exact) mass is 326 g/mol. The van der Waals surface area contributed by atoms with E-state index in [0.29, 0.717) is 12.5 Å². The van der Waals surface area contributed by atoms with Crippen LogP contribution in [0.4, 0.5) is 10.3 Å². The van der Waals surface area contributed by atoms with Crippen LogP contribution in [0.5, 0.6) is 0 Å². The Labute approximate surface area is 140 Å². The van der Waals surface area contributed by atoms with Gasteiger partial charge < -0.3 is 9.80 Å². The fourth-order valence-electron chi connectivity index (χ4n) is 2.59. The van der Waals surface area contributed by atoms with E-state index in [-0.39, 0.29) is 17.8 Å². The molecule has 0 radical (unpaired) electrons. The number of hydrogen-bond acceptors (Lipinski definition) is 4. The molecule has 124 valence electrons. The summed E-state index contributed by atoms with van der Waals surface area (Å²) < 4.78 is 13.0. The summed E-state index contributed by atoms with van der Waals surface area (Å²) in [7, 11) is 3.74. The molecule has 1 saturated heterocycles. The van der Waals surface area contributed by atoms with Crippen molar-refractivity contribution in [1.82, 2.24) is 14.9 Å². The Morgan fingerprint density at radius 2 is 1.92 bits per heavy atom. The molecule has 0 N–H and O–H groups in total. The van der Waals surface area contributed by atoms with Gasteiger partial charge in [0.05, 0.1) is 6.04 Å². The normalized spacial score (nSPS) is 17.0. The highest BCUT2D eigenvalue weighted by molar-refractivity contribution is 5.92. The van der Waals surface area contributed by atoms with Crippen molar-refractivity contribution >= 4 is 17.9 Å². The number of nitrogens with zero attached hydrogens (tertiary/aromatic N) is 4. The number of amides is 1. The first kappa shape index (κ1) is 16.1. The summed E-state index contributed by atoms with van der Waals surface area (Å²) in [5.74, 6) is 0.293. The van der Waals surface area contributed by atoms with Gasteiger partial charge in [0.15, 0.2) is 0 Å². The summed E-state index contributed by atoms with van der Waals surface area (Å²) in [6.45, 7) is 0.710. The fourth-order valence-corrected chi connectivity index (χ4v) is 2.59. The molecule has 1 aromatic carbocycles. The molecule has 1 aromatic heterocycles. The topological polar surface area (TPSA) is 49.3 Å². The van der Waals surface area contributed by atoms with Crippen LogP contribution in [0.3, 0.4) is 0 Å². The standard InChI is InChI=1S/C18H19FN4O/c1-22(2)18-20-11-13(12-21-18)3-8-17(24)23-10-9-16(23)14-4-6-15(19)7-5-14/h3-8,11-12,16H,9-10H2,1-2H3/b8-3+. The van der Waals surface area contributed by atoms with Gasteiger partial charge in [-0.2, -0.15) is 0 Å². The number of anilines is 1. The van der Waals surface area contributed by atoms with E-state index >= 15 is 0 Å². The first-order valence-electron chi connectivity index (χ1n) is 7.78. The maximum atomic E-state index is 13.0. The zero-order valence-corrected chi connectivity index (χ0v) is 13.7. The molecule has 6 heteroatoms. The highest BCUT2D eigenvalue weighted by Gasteiger charge is 2.31. The van der Waals surface area contributed by atoms with E-state index in [9.17, 15) is 9.18 Å². The second-order valence-electron chi connectivity index (χ2n) is 5.93. The van der Waals surface area contributed by atoms with Gasteiger partial charge in [0.1, 0.15) is 5.82 Å². The summed E-state index contributed by atoms with van der Waals surface area (Å²) in [5.41, 5.74) is 1.73. The molecule has 1 unspecified atom stereocenters. The minimum absolute atomic E-state index is 0.0233. The third kappa shape index (κ3) is 3.42. The number of halogens is 1. The molecule has 1 aliphatic heterocycles. The molecule has 24 heavy (non-hydrogen) atoms. The summed E-state index contributed by atoms with van der Waals surface area (Å²) in [4.78, 5) is 24.3. The van der Waals surface area contributed by atoms with Crippen LogP contribution in [0.1, 0.15) is 23.6 Å². The third-order valence-electron chi connectivity index (χ3n) is 4.03. The molecule has 1 aliphatic rings. The lowest BCUT2D eigenvalue weighted by molar-refractivity contribution is -0.133. The van der Waals surface area contributed by atoms with Gasteiger partial charge in [-0.25, -0.2) is 14.4 Å². The van der Waals surface area contributed by atoms with E-state index in [4.69, 9.17) is 0 Å². The summed E-state index contributed by atoms with van der Waals surface area (Å²) in [6.07, 6.45) is 7.50. The van der Waals surface area contributed by atoms with Crippen LogP contribution in [-0.2, 0) is 4.79 Å². The maximum Gasteiger partial charge on any atom is 0.247 e. The van der Waals surface area contributed by atoms with Gasteiger partial charge in [0.25, 0.3) is 0 Å². The third-order valence-corrected chi connectivity index (χ3v) is 4.03. The minimum Gasteiger partial charge on any atom is -0.347 e. The smallest absolute Gasteiger partial charge is 0.247 e. The van der Waals surface area contributed by atoms with Gasteiger partial charge in [-0.15, -0.1) is 0 Å². The van der Waals surface area contributed by atoms with E-state index in [1.54, 1.807) is 35.5 Å². The molecule has 2 aromatic rings. The lowest BCUT2D eigenvalue weighted by Crippen LogP contribution is -2.44. The van der Waals surface area contributed by atoms with E-state index < -0.39 is 0 Å². The summed E-state index contributed by atoms with van der Waals surface area (Å²) in [6, 6.07) is 6.34. The van der Waals surface area contributed by atoms with Crippen molar-refractivity contribution < 1.29 is 9.18 Å². The zero-order chi connectivity index (χ0) is 17.1. The highest BCUT2D eigenvalue weighted by Crippen LogP contribution is 2.33. The second-order valence-corrected chi connectivity index (χ2v) is 5.93. The number of hydrogen-bond donors (Lipinski definition) is 0. The van der Waals surface area contributed by atoms with Gasteiger partial charge in [-0.05, 0) is 30.2 Å². The molecule has 0 saturated carbocycles. The molecule has 1 atom stereocenters. The van der Waals surface area contributed by atoms with E-state index in [1.807, 2.05) is 19.0 Å². The Hall–Kier alpha value is -2.76. The van der Waals surface area contributed by atoms with Gasteiger partial charge >= 0.3 is 0 Å². The molecule has 5 nitrogen and oxygen atoms in total. The van der Waals surface area contributed by atoms with Crippen LogP contribution in [0, 0.1) is 5.82 Å². The number of benzene rings is 1. The van der Waals surface area contributed by atoms with Crippen molar-refractivity contribution in [3.63, 3.8) is 0 Å². The number of aromatic nitrogens is 2. The molecular formula is C18H19FN4O. The van der Waals surface area contributed by atoms with Crippen molar-refractivity contribution in [2.75, 3.05) is 25.5 Å². The Morgan fingerprint density at radius 3 is 2.46 bits per heavy atom. The van der Waals surface area contributed by atoms with Crippen molar-refractivity contribution in [1.29, 1.82) is 0 Å². The lowest BCUT2D eigenvalue weighted by atomic mass is 9.94. The van der Waals surface area contributed by atoms with Crippen LogP contribution in [-0.4, -0.2) is 41.4 Å². The number of likely N-dealkylation sites (tertiary alicyclic amines) is 1. The Morgan fingerprint density at radius 1 is 1.25 bits per heavy atom. The first-order valence-corrected chi connectivity index (χ1v) is 7.78. The number of carbonyl (C=O) groups excluding carboxylic acids is 1. The Kier molecular flexibility index (Phi) is 4.55. The SMILES string of the molecule is CN(C)c1ncc(/C=C/C(=O)N2CCC2c2ccc(F)cc2)cn1. The molecule has 1 fully saturated rings. The molecule has 0 aliphatic carbocycles. The van der Waals surface area contributed by atoms with Crippen molar-refractivity contribution in [3.05, 3.63) is 59.7 Å². The molecule has 2 heterocycles. The summed E-state index contributed by atoms with van der Waals surface area (Å²) in [5, 5.41) is 0.